The molecule has 0 fully saturated rings. The van der Waals surface area contributed by atoms with Gasteiger partial charge in [-0.2, -0.15) is 0 Å². The van der Waals surface area contributed by atoms with E-state index < -0.39 is 0 Å². The number of nitrogens with zero attached hydrogens (tertiary/aromatic N) is 1. The van der Waals surface area contributed by atoms with Gasteiger partial charge in [0, 0.05) is 17.5 Å². The number of rotatable bonds is 5. The van der Waals surface area contributed by atoms with Crippen LogP contribution in [0.5, 0.6) is 0 Å². The molecule has 2 rings (SSSR count). The van der Waals surface area contributed by atoms with E-state index in [1.807, 2.05) is 18.2 Å². The van der Waals surface area contributed by atoms with E-state index in [4.69, 9.17) is 6.42 Å². The summed E-state index contributed by atoms with van der Waals surface area (Å²) in [5, 5.41) is 6.47. The third kappa shape index (κ3) is 3.19. The Morgan fingerprint density at radius 3 is 2.83 bits per heavy atom. The minimum atomic E-state index is 0.133. The highest BCUT2D eigenvalue weighted by Crippen LogP contribution is 2.21. The Hall–Kier alpha value is -1.63. The average molecular weight is 256 g/mol. The second-order valence-electron chi connectivity index (χ2n) is 4.00. The molecule has 1 aromatic heterocycles. The lowest BCUT2D eigenvalue weighted by Gasteiger charge is -2.07. The van der Waals surface area contributed by atoms with Crippen molar-refractivity contribution in [2.24, 2.45) is 0 Å². The van der Waals surface area contributed by atoms with E-state index in [9.17, 15) is 0 Å². The summed E-state index contributed by atoms with van der Waals surface area (Å²) in [5.41, 5.74) is 2.19. The second-order valence-corrected chi connectivity index (χ2v) is 4.94. The number of terminal acetylenes is 1. The summed E-state index contributed by atoms with van der Waals surface area (Å²) < 4.78 is 0. The largest absolute Gasteiger partial charge is 0.297 e. The van der Waals surface area contributed by atoms with Gasteiger partial charge in [-0.25, -0.2) is 4.98 Å². The summed E-state index contributed by atoms with van der Waals surface area (Å²) in [5.74, 6) is 2.73. The Balaban J connectivity index is 2.01. The van der Waals surface area contributed by atoms with E-state index in [2.05, 4.69) is 40.7 Å². The van der Waals surface area contributed by atoms with Crippen LogP contribution < -0.4 is 5.32 Å². The number of nitrogens with one attached hydrogen (secondary N) is 1. The van der Waals surface area contributed by atoms with Crippen LogP contribution in [-0.4, -0.2) is 11.0 Å². The van der Waals surface area contributed by atoms with Gasteiger partial charge in [-0.3, -0.25) is 5.32 Å². The monoisotopic (exact) mass is 256 g/mol. The molecule has 1 aromatic carbocycles. The fourth-order valence-corrected chi connectivity index (χ4v) is 2.42. The van der Waals surface area contributed by atoms with Crippen molar-refractivity contribution in [3.05, 3.63) is 40.7 Å². The molecular formula is C15H16N2S. The molecule has 0 bridgehead atoms. The third-order valence-corrected chi connectivity index (χ3v) is 3.58. The maximum absolute atomic E-state index is 5.41. The van der Waals surface area contributed by atoms with Crippen LogP contribution in [0, 0.1) is 12.3 Å². The fourth-order valence-electron chi connectivity index (χ4n) is 1.67. The zero-order valence-corrected chi connectivity index (χ0v) is 11.2. The lowest BCUT2D eigenvalue weighted by Crippen LogP contribution is -2.25. The van der Waals surface area contributed by atoms with Gasteiger partial charge in [0.2, 0.25) is 0 Å². The van der Waals surface area contributed by atoms with E-state index in [0.29, 0.717) is 0 Å². The standard InChI is InChI=1S/C15H16N2S/c1-3-13(4-2)16-10-15-17-14(11-18-15)12-8-6-5-7-9-12/h1,5-9,11,13,16H,4,10H2,2H3. The summed E-state index contributed by atoms with van der Waals surface area (Å²) in [6.07, 6.45) is 6.35. The Labute approximate surface area is 112 Å². The van der Waals surface area contributed by atoms with Gasteiger partial charge in [0.05, 0.1) is 11.7 Å². The highest BCUT2D eigenvalue weighted by Gasteiger charge is 2.06. The number of benzene rings is 1. The van der Waals surface area contributed by atoms with Gasteiger partial charge in [0.1, 0.15) is 5.01 Å². The summed E-state index contributed by atoms with van der Waals surface area (Å²) >= 11 is 1.67. The second kappa shape index (κ2) is 6.34. The topological polar surface area (TPSA) is 24.9 Å². The zero-order chi connectivity index (χ0) is 12.8. The van der Waals surface area contributed by atoms with Gasteiger partial charge in [-0.1, -0.05) is 43.2 Å². The van der Waals surface area contributed by atoms with Crippen LogP contribution >= 0.6 is 11.3 Å². The van der Waals surface area contributed by atoms with Crippen LogP contribution in [0.25, 0.3) is 11.3 Å². The molecule has 0 radical (unpaired) electrons. The quantitative estimate of drug-likeness (QED) is 0.830. The predicted molar refractivity (Wildman–Crippen MR) is 77.3 cm³/mol. The van der Waals surface area contributed by atoms with Gasteiger partial charge >= 0.3 is 0 Å². The lowest BCUT2D eigenvalue weighted by atomic mass is 10.2. The van der Waals surface area contributed by atoms with Gasteiger partial charge in [0.15, 0.2) is 0 Å². The zero-order valence-electron chi connectivity index (χ0n) is 10.4. The third-order valence-electron chi connectivity index (χ3n) is 2.73. The van der Waals surface area contributed by atoms with Gasteiger partial charge in [0.25, 0.3) is 0 Å². The molecule has 0 aliphatic rings. The van der Waals surface area contributed by atoms with Crippen molar-refractivity contribution in [3.63, 3.8) is 0 Å². The molecule has 1 heterocycles. The highest BCUT2D eigenvalue weighted by molar-refractivity contribution is 7.09. The van der Waals surface area contributed by atoms with Crippen molar-refractivity contribution >= 4 is 11.3 Å². The maximum atomic E-state index is 5.41. The maximum Gasteiger partial charge on any atom is 0.107 e. The van der Waals surface area contributed by atoms with Gasteiger partial charge < -0.3 is 0 Å². The van der Waals surface area contributed by atoms with Crippen molar-refractivity contribution in [2.75, 3.05) is 0 Å². The van der Waals surface area contributed by atoms with Crippen LogP contribution in [0.1, 0.15) is 18.4 Å². The van der Waals surface area contributed by atoms with Crippen molar-refractivity contribution in [1.82, 2.24) is 10.3 Å². The molecule has 0 aliphatic carbocycles. The summed E-state index contributed by atoms with van der Waals surface area (Å²) in [6.45, 7) is 2.81. The first-order chi connectivity index (χ1) is 8.83. The van der Waals surface area contributed by atoms with E-state index >= 15 is 0 Å². The van der Waals surface area contributed by atoms with E-state index in [-0.39, 0.29) is 6.04 Å². The lowest BCUT2D eigenvalue weighted by molar-refractivity contribution is 0.591. The smallest absolute Gasteiger partial charge is 0.107 e. The minimum absolute atomic E-state index is 0.133. The average Bonchev–Trinajstić information content (AvgIpc) is 2.90. The first-order valence-electron chi connectivity index (χ1n) is 6.02. The molecule has 18 heavy (non-hydrogen) atoms. The Morgan fingerprint density at radius 2 is 2.17 bits per heavy atom. The first kappa shape index (κ1) is 12.8. The molecule has 2 nitrogen and oxygen atoms in total. The van der Waals surface area contributed by atoms with Crippen LogP contribution in [0.15, 0.2) is 35.7 Å². The molecule has 0 amide bonds. The van der Waals surface area contributed by atoms with Crippen LogP contribution in [0.4, 0.5) is 0 Å². The fraction of sp³-hybridized carbons (Fsp3) is 0.267. The molecule has 1 atom stereocenters. The van der Waals surface area contributed by atoms with E-state index in [0.717, 1.165) is 29.2 Å². The first-order valence-corrected chi connectivity index (χ1v) is 6.90. The van der Waals surface area contributed by atoms with Gasteiger partial charge in [-0.05, 0) is 6.42 Å². The SMILES string of the molecule is C#CC(CC)NCc1nc(-c2ccccc2)cs1. The molecule has 1 unspecified atom stereocenters. The molecule has 1 N–H and O–H groups in total. The van der Waals surface area contributed by atoms with Gasteiger partial charge in [-0.15, -0.1) is 17.8 Å². The normalized spacial score (nSPS) is 12.0. The molecule has 92 valence electrons. The Morgan fingerprint density at radius 1 is 1.39 bits per heavy atom. The molecule has 0 saturated carbocycles. The van der Waals surface area contributed by atoms with Crippen LogP contribution in [0.2, 0.25) is 0 Å². The predicted octanol–water partition coefficient (Wildman–Crippen LogP) is 3.31. The van der Waals surface area contributed by atoms with Crippen LogP contribution in [-0.2, 0) is 6.54 Å². The number of hydrogen-bond acceptors (Lipinski definition) is 3. The van der Waals surface area contributed by atoms with Crippen molar-refractivity contribution in [1.29, 1.82) is 0 Å². The van der Waals surface area contributed by atoms with Crippen molar-refractivity contribution in [3.8, 4) is 23.6 Å². The highest BCUT2D eigenvalue weighted by atomic mass is 32.1. The molecule has 0 aliphatic heterocycles. The van der Waals surface area contributed by atoms with E-state index in [1.165, 1.54) is 0 Å². The number of aromatic nitrogens is 1. The van der Waals surface area contributed by atoms with Crippen molar-refractivity contribution in [2.45, 2.75) is 25.9 Å². The number of thiazole rings is 1. The summed E-state index contributed by atoms with van der Waals surface area (Å²) in [6, 6.07) is 10.3. The Bertz CT molecular complexity index is 525. The van der Waals surface area contributed by atoms with Crippen LogP contribution in [0.3, 0.4) is 0 Å². The molecule has 2 aromatic rings. The Kier molecular flexibility index (Phi) is 4.52. The molecule has 0 spiro atoms. The molecule has 0 saturated heterocycles. The molecule has 3 heteroatoms. The molecular weight excluding hydrogens is 240 g/mol. The summed E-state index contributed by atoms with van der Waals surface area (Å²) in [7, 11) is 0. The summed E-state index contributed by atoms with van der Waals surface area (Å²) in [4.78, 5) is 4.61. The number of hydrogen-bond donors (Lipinski definition) is 1. The van der Waals surface area contributed by atoms with E-state index in [1.54, 1.807) is 11.3 Å². The minimum Gasteiger partial charge on any atom is -0.297 e. The van der Waals surface area contributed by atoms with Crippen molar-refractivity contribution < 1.29 is 0 Å².